The number of nitrogens with one attached hydrogen (secondary N) is 2. The number of thiophene rings is 1. The number of rotatable bonds is 8. The van der Waals surface area contributed by atoms with Crippen molar-refractivity contribution in [2.75, 3.05) is 0 Å². The van der Waals surface area contributed by atoms with E-state index < -0.39 is 17.8 Å². The molecule has 0 atom stereocenters. The van der Waals surface area contributed by atoms with Gasteiger partial charge in [-0.05, 0) is 85.8 Å². The number of carbonyl (C=O) groups is 3. The minimum atomic E-state index is -0.634. The number of esters is 1. The van der Waals surface area contributed by atoms with Gasteiger partial charge in [-0.3, -0.25) is 9.59 Å². The van der Waals surface area contributed by atoms with Gasteiger partial charge in [-0.2, -0.15) is 5.10 Å². The molecule has 2 amide bonds. The molecule has 0 saturated carbocycles. The van der Waals surface area contributed by atoms with Gasteiger partial charge >= 0.3 is 5.97 Å². The van der Waals surface area contributed by atoms with Crippen molar-refractivity contribution in [1.82, 2.24) is 10.7 Å². The lowest BCUT2D eigenvalue weighted by Gasteiger charge is -2.11. The van der Waals surface area contributed by atoms with Crippen LogP contribution in [0.5, 0.6) is 5.75 Å². The average molecular weight is 732 g/mol. The second-order valence-corrected chi connectivity index (χ2v) is 11.4. The number of halogens is 3. The van der Waals surface area contributed by atoms with Crippen molar-refractivity contribution >= 4 is 89.2 Å². The first-order chi connectivity index (χ1) is 18.8. The van der Waals surface area contributed by atoms with Gasteiger partial charge in [0.15, 0.2) is 5.75 Å². The van der Waals surface area contributed by atoms with E-state index in [-0.39, 0.29) is 11.4 Å². The molecule has 11 heteroatoms. The highest BCUT2D eigenvalue weighted by Crippen LogP contribution is 2.33. The van der Waals surface area contributed by atoms with E-state index >= 15 is 0 Å². The Kier molecular flexibility index (Phi) is 9.99. The van der Waals surface area contributed by atoms with Gasteiger partial charge in [-0.15, -0.1) is 11.3 Å². The van der Waals surface area contributed by atoms with Crippen LogP contribution in [-0.2, 0) is 4.79 Å². The fourth-order valence-electron chi connectivity index (χ4n) is 3.24. The Labute approximate surface area is 253 Å². The second-order valence-electron chi connectivity index (χ2n) is 7.77. The zero-order chi connectivity index (χ0) is 27.8. The van der Waals surface area contributed by atoms with Crippen LogP contribution in [-0.4, -0.2) is 24.0 Å². The van der Waals surface area contributed by atoms with Gasteiger partial charge in [0.1, 0.15) is 5.70 Å². The minimum Gasteiger partial charge on any atom is -0.421 e. The van der Waals surface area contributed by atoms with Crippen molar-refractivity contribution in [3.63, 3.8) is 0 Å². The van der Waals surface area contributed by atoms with Gasteiger partial charge < -0.3 is 10.1 Å². The van der Waals surface area contributed by atoms with E-state index in [2.05, 4.69) is 63.6 Å². The molecule has 0 bridgehead atoms. The van der Waals surface area contributed by atoms with Crippen LogP contribution in [0.2, 0.25) is 0 Å². The van der Waals surface area contributed by atoms with E-state index in [1.807, 2.05) is 17.5 Å². The van der Waals surface area contributed by atoms with Crippen LogP contribution in [0.15, 0.2) is 108 Å². The number of ether oxygens (including phenoxy) is 1. The van der Waals surface area contributed by atoms with Crippen molar-refractivity contribution in [3.8, 4) is 5.75 Å². The summed E-state index contributed by atoms with van der Waals surface area (Å²) in [6.45, 7) is 0. The Balaban J connectivity index is 1.55. The molecule has 0 aliphatic heterocycles. The van der Waals surface area contributed by atoms with Gasteiger partial charge in [-0.25, -0.2) is 10.2 Å². The van der Waals surface area contributed by atoms with Crippen LogP contribution in [0, 0.1) is 0 Å². The van der Waals surface area contributed by atoms with Gasteiger partial charge in [0.2, 0.25) is 0 Å². The number of nitrogens with zero attached hydrogens (tertiary/aromatic N) is 1. The van der Waals surface area contributed by atoms with Crippen molar-refractivity contribution < 1.29 is 19.1 Å². The predicted octanol–water partition coefficient (Wildman–Crippen LogP) is 7.18. The van der Waals surface area contributed by atoms with E-state index in [0.717, 1.165) is 4.88 Å². The summed E-state index contributed by atoms with van der Waals surface area (Å²) in [6.07, 6.45) is 2.91. The molecule has 0 fully saturated rings. The SMILES string of the molecule is O=C(N/N=C\c1cc(Br)cc(Br)c1OC(=O)c1ccccc1Br)/C(=C\c1cccs1)NC(=O)c1ccccc1. The molecule has 0 radical (unpaired) electrons. The summed E-state index contributed by atoms with van der Waals surface area (Å²) >= 11 is 11.6. The molecule has 1 aromatic heterocycles. The monoisotopic (exact) mass is 729 g/mol. The average Bonchev–Trinajstić information content (AvgIpc) is 3.44. The maximum absolute atomic E-state index is 13.0. The normalized spacial score (nSPS) is 11.3. The van der Waals surface area contributed by atoms with Crippen LogP contribution in [0.25, 0.3) is 6.08 Å². The summed E-state index contributed by atoms with van der Waals surface area (Å²) in [5.74, 6) is -1.43. The third-order valence-electron chi connectivity index (χ3n) is 5.05. The number of benzene rings is 3. The summed E-state index contributed by atoms with van der Waals surface area (Å²) < 4.78 is 7.45. The molecule has 7 nitrogen and oxygen atoms in total. The van der Waals surface area contributed by atoms with Gasteiger partial charge in [0.25, 0.3) is 11.8 Å². The number of carbonyl (C=O) groups excluding carboxylic acids is 3. The molecule has 196 valence electrons. The van der Waals surface area contributed by atoms with Crippen molar-refractivity contribution in [3.05, 3.63) is 125 Å². The molecule has 1 heterocycles. The van der Waals surface area contributed by atoms with E-state index in [1.165, 1.54) is 17.6 Å². The van der Waals surface area contributed by atoms with Crippen LogP contribution in [0.1, 0.15) is 31.2 Å². The van der Waals surface area contributed by atoms with Crippen LogP contribution in [0.4, 0.5) is 0 Å². The fraction of sp³-hybridized carbons (Fsp3) is 0. The van der Waals surface area contributed by atoms with Crippen molar-refractivity contribution in [2.24, 2.45) is 5.10 Å². The summed E-state index contributed by atoms with van der Waals surface area (Å²) in [5, 5.41) is 8.57. The molecule has 3 aromatic carbocycles. The van der Waals surface area contributed by atoms with Crippen molar-refractivity contribution in [1.29, 1.82) is 0 Å². The third kappa shape index (κ3) is 7.82. The summed E-state index contributed by atoms with van der Waals surface area (Å²) in [7, 11) is 0. The van der Waals surface area contributed by atoms with E-state index in [4.69, 9.17) is 4.74 Å². The van der Waals surface area contributed by atoms with Gasteiger partial charge in [0.05, 0.1) is 16.3 Å². The largest absolute Gasteiger partial charge is 0.421 e. The van der Waals surface area contributed by atoms with Crippen molar-refractivity contribution in [2.45, 2.75) is 0 Å². The Morgan fingerprint density at radius 2 is 1.62 bits per heavy atom. The molecule has 4 aromatic rings. The maximum Gasteiger partial charge on any atom is 0.344 e. The highest BCUT2D eigenvalue weighted by molar-refractivity contribution is 9.11. The maximum atomic E-state index is 13.0. The smallest absolute Gasteiger partial charge is 0.344 e. The molecule has 0 unspecified atom stereocenters. The van der Waals surface area contributed by atoms with Gasteiger partial charge in [0, 0.05) is 24.9 Å². The van der Waals surface area contributed by atoms with Crippen LogP contribution in [0.3, 0.4) is 0 Å². The molecule has 2 N–H and O–H groups in total. The van der Waals surface area contributed by atoms with Crippen LogP contribution >= 0.6 is 59.1 Å². The highest BCUT2D eigenvalue weighted by atomic mass is 79.9. The topological polar surface area (TPSA) is 96.9 Å². The molecule has 4 rings (SSSR count). The first-order valence-electron chi connectivity index (χ1n) is 11.2. The molecule has 0 spiro atoms. The Morgan fingerprint density at radius 1 is 0.872 bits per heavy atom. The Hall–Kier alpha value is -3.38. The zero-order valence-electron chi connectivity index (χ0n) is 19.9. The Bertz CT molecular complexity index is 1570. The lowest BCUT2D eigenvalue weighted by atomic mass is 10.2. The predicted molar refractivity (Wildman–Crippen MR) is 163 cm³/mol. The molecule has 0 saturated heterocycles. The van der Waals surface area contributed by atoms with Crippen LogP contribution < -0.4 is 15.5 Å². The standard InChI is InChI=1S/C28H18Br3N3O4S/c29-19-13-18(25(23(31)14-19)38-28(37)21-10-4-5-11-22(21)30)16-32-34-27(36)24(15-20-9-6-12-39-20)33-26(35)17-7-2-1-3-8-17/h1-16H,(H,33,35)(H,34,36)/b24-15+,32-16-. The number of amides is 2. The lowest BCUT2D eigenvalue weighted by Crippen LogP contribution is -2.32. The highest BCUT2D eigenvalue weighted by Gasteiger charge is 2.18. The summed E-state index contributed by atoms with van der Waals surface area (Å²) in [6, 6.07) is 22.5. The summed E-state index contributed by atoms with van der Waals surface area (Å²) in [4.78, 5) is 39.3. The van der Waals surface area contributed by atoms with E-state index in [9.17, 15) is 14.4 Å². The number of hydrogen-bond acceptors (Lipinski definition) is 6. The Morgan fingerprint density at radius 3 is 2.33 bits per heavy atom. The fourth-order valence-corrected chi connectivity index (χ4v) is 5.68. The molecular formula is C28H18Br3N3O4S. The van der Waals surface area contributed by atoms with Gasteiger partial charge in [-0.1, -0.05) is 52.3 Å². The number of hydrogen-bond donors (Lipinski definition) is 2. The first kappa shape index (κ1) is 28.6. The molecular weight excluding hydrogens is 714 g/mol. The van der Waals surface area contributed by atoms with E-state index in [0.29, 0.717) is 30.1 Å². The molecule has 0 aliphatic rings. The molecule has 0 aliphatic carbocycles. The molecule has 39 heavy (non-hydrogen) atoms. The summed E-state index contributed by atoms with van der Waals surface area (Å²) in [5.41, 5.74) is 3.61. The zero-order valence-corrected chi connectivity index (χ0v) is 25.4. The number of hydrazone groups is 1. The lowest BCUT2D eigenvalue weighted by molar-refractivity contribution is -0.117. The van der Waals surface area contributed by atoms with E-state index in [1.54, 1.807) is 72.8 Å². The third-order valence-corrected chi connectivity index (χ3v) is 7.61. The minimum absolute atomic E-state index is 0.0134. The second kappa shape index (κ2) is 13.6. The first-order valence-corrected chi connectivity index (χ1v) is 14.5. The quantitative estimate of drug-likeness (QED) is 0.0660.